The van der Waals surface area contributed by atoms with Gasteiger partial charge >= 0.3 is 17.6 Å². The van der Waals surface area contributed by atoms with Crippen molar-refractivity contribution in [1.29, 1.82) is 0 Å². The van der Waals surface area contributed by atoms with Gasteiger partial charge in [0.25, 0.3) is 0 Å². The van der Waals surface area contributed by atoms with Gasteiger partial charge in [-0.05, 0) is 30.5 Å². The molecule has 0 unspecified atom stereocenters. The summed E-state index contributed by atoms with van der Waals surface area (Å²) in [7, 11) is 0. The van der Waals surface area contributed by atoms with Crippen LogP contribution in [0.1, 0.15) is 25.8 Å². The number of nitrogens with zero attached hydrogens (tertiary/aromatic N) is 2. The van der Waals surface area contributed by atoms with E-state index in [4.69, 9.17) is 0 Å². The van der Waals surface area contributed by atoms with Crippen LogP contribution in [0.15, 0.2) is 35.4 Å². The van der Waals surface area contributed by atoms with Gasteiger partial charge in [0.1, 0.15) is 23.7 Å². The molecule has 0 saturated carbocycles. The Labute approximate surface area is 165 Å². The number of nitrogens with one attached hydrogen (secondary N) is 1. The van der Waals surface area contributed by atoms with Crippen molar-refractivity contribution in [3.63, 3.8) is 0 Å². The molecule has 1 aromatic heterocycles. The fourth-order valence-corrected chi connectivity index (χ4v) is 2.91. The molecular formula is C19H23F2N3O5. The van der Waals surface area contributed by atoms with Crippen LogP contribution in [0.5, 0.6) is 0 Å². The molecule has 0 spiro atoms. The number of aromatic nitrogens is 2. The lowest BCUT2D eigenvalue weighted by Gasteiger charge is -2.21. The molecule has 0 radical (unpaired) electrons. The lowest BCUT2D eigenvalue weighted by Crippen LogP contribution is -2.50. The number of carboxylic acids is 2. The van der Waals surface area contributed by atoms with Gasteiger partial charge in [0.15, 0.2) is 0 Å². The summed E-state index contributed by atoms with van der Waals surface area (Å²) in [5.74, 6) is -3.79. The second kappa shape index (κ2) is 9.46. The fourth-order valence-electron chi connectivity index (χ4n) is 2.91. The highest BCUT2D eigenvalue weighted by atomic mass is 19.1. The Balaban J connectivity index is 2.19. The molecule has 3 N–H and O–H groups in total. The van der Waals surface area contributed by atoms with E-state index in [1.807, 2.05) is 13.8 Å². The van der Waals surface area contributed by atoms with Crippen LogP contribution in [0.4, 0.5) is 8.78 Å². The molecule has 2 rings (SSSR count). The lowest BCUT2D eigenvalue weighted by atomic mass is 10.0. The molecule has 8 nitrogen and oxygen atoms in total. The number of carbonyl (C=O) groups is 2. The normalized spacial score (nSPS) is 13.4. The van der Waals surface area contributed by atoms with E-state index in [1.54, 1.807) is 0 Å². The Kier molecular flexibility index (Phi) is 7.27. The smallest absolute Gasteiger partial charge is 0.328 e. The van der Waals surface area contributed by atoms with Crippen molar-refractivity contribution in [3.05, 3.63) is 58.3 Å². The van der Waals surface area contributed by atoms with Gasteiger partial charge in [0, 0.05) is 18.0 Å². The van der Waals surface area contributed by atoms with E-state index in [0.29, 0.717) is 0 Å². The molecule has 0 bridgehead atoms. The third kappa shape index (κ3) is 5.98. The van der Waals surface area contributed by atoms with Gasteiger partial charge in [-0.15, -0.1) is 0 Å². The Morgan fingerprint density at radius 1 is 1.07 bits per heavy atom. The largest absolute Gasteiger partial charge is 0.480 e. The first kappa shape index (κ1) is 22.3. The third-order valence-corrected chi connectivity index (χ3v) is 4.35. The molecule has 0 aliphatic heterocycles. The molecule has 0 aliphatic rings. The first-order valence-electron chi connectivity index (χ1n) is 8.99. The summed E-state index contributed by atoms with van der Waals surface area (Å²) in [6.07, 6.45) is 2.86. The Morgan fingerprint density at radius 2 is 1.69 bits per heavy atom. The minimum atomic E-state index is -1.32. The van der Waals surface area contributed by atoms with Gasteiger partial charge in [-0.1, -0.05) is 13.8 Å². The zero-order valence-electron chi connectivity index (χ0n) is 16.0. The van der Waals surface area contributed by atoms with Gasteiger partial charge in [-0.3, -0.25) is 24.0 Å². The van der Waals surface area contributed by atoms with Crippen LogP contribution < -0.4 is 11.0 Å². The van der Waals surface area contributed by atoms with Gasteiger partial charge in [0.2, 0.25) is 0 Å². The molecule has 0 fully saturated rings. The van der Waals surface area contributed by atoms with Crippen molar-refractivity contribution >= 4 is 11.9 Å². The van der Waals surface area contributed by atoms with E-state index in [1.165, 1.54) is 12.4 Å². The summed E-state index contributed by atoms with van der Waals surface area (Å²) in [5.41, 5.74) is -0.655. The molecule has 0 saturated heterocycles. The molecule has 158 valence electrons. The van der Waals surface area contributed by atoms with E-state index in [0.717, 1.165) is 27.3 Å². The average molecular weight is 411 g/mol. The summed E-state index contributed by atoms with van der Waals surface area (Å²) in [4.78, 5) is 35.5. The average Bonchev–Trinajstić information content (AvgIpc) is 2.96. The van der Waals surface area contributed by atoms with Crippen LogP contribution >= 0.6 is 0 Å². The molecule has 29 heavy (non-hydrogen) atoms. The van der Waals surface area contributed by atoms with Crippen molar-refractivity contribution in [2.45, 2.75) is 45.4 Å². The predicted octanol–water partition coefficient (Wildman–Crippen LogP) is 1.52. The molecule has 1 aromatic carbocycles. The van der Waals surface area contributed by atoms with Crippen LogP contribution in [-0.2, 0) is 22.7 Å². The SMILES string of the molecule is CC(C)C[C@H](N[C@@H](Cn1ccn(Cc2cc(F)ccc2F)c1=O)C(=O)O)C(=O)O. The highest BCUT2D eigenvalue weighted by Gasteiger charge is 2.27. The van der Waals surface area contributed by atoms with Crippen molar-refractivity contribution in [3.8, 4) is 0 Å². The quantitative estimate of drug-likeness (QED) is 0.546. The maximum atomic E-state index is 13.8. The van der Waals surface area contributed by atoms with Crippen LogP contribution in [0.3, 0.4) is 0 Å². The summed E-state index contributed by atoms with van der Waals surface area (Å²) < 4.78 is 29.3. The maximum Gasteiger partial charge on any atom is 0.328 e. The van der Waals surface area contributed by atoms with Crippen molar-refractivity contribution in [1.82, 2.24) is 14.5 Å². The van der Waals surface area contributed by atoms with Crippen LogP contribution in [-0.4, -0.2) is 43.4 Å². The number of benzene rings is 1. The molecule has 2 aromatic rings. The Morgan fingerprint density at radius 3 is 2.28 bits per heavy atom. The van der Waals surface area contributed by atoms with Gasteiger partial charge in [-0.2, -0.15) is 0 Å². The minimum absolute atomic E-state index is 0.0167. The number of carboxylic acid groups (broad SMARTS) is 2. The number of hydrogen-bond donors (Lipinski definition) is 3. The molecule has 2 atom stereocenters. The van der Waals surface area contributed by atoms with Crippen molar-refractivity contribution in [2.24, 2.45) is 5.92 Å². The maximum absolute atomic E-state index is 13.8. The lowest BCUT2D eigenvalue weighted by molar-refractivity contribution is -0.143. The highest BCUT2D eigenvalue weighted by molar-refractivity contribution is 5.77. The minimum Gasteiger partial charge on any atom is -0.480 e. The predicted molar refractivity (Wildman–Crippen MR) is 99.6 cm³/mol. The van der Waals surface area contributed by atoms with Crippen molar-refractivity contribution < 1.29 is 28.6 Å². The number of halogens is 2. The van der Waals surface area contributed by atoms with E-state index in [9.17, 15) is 33.4 Å². The second-order valence-corrected chi connectivity index (χ2v) is 7.17. The van der Waals surface area contributed by atoms with Crippen LogP contribution in [0.25, 0.3) is 0 Å². The summed E-state index contributed by atoms with van der Waals surface area (Å²) >= 11 is 0. The number of imidazole rings is 1. The second-order valence-electron chi connectivity index (χ2n) is 7.17. The Hall–Kier alpha value is -3.01. The van der Waals surface area contributed by atoms with Gasteiger partial charge in [-0.25, -0.2) is 13.6 Å². The van der Waals surface area contributed by atoms with E-state index in [-0.39, 0.29) is 31.0 Å². The van der Waals surface area contributed by atoms with Gasteiger partial charge < -0.3 is 10.2 Å². The molecule has 10 heteroatoms. The zero-order chi connectivity index (χ0) is 21.7. The molecule has 0 amide bonds. The van der Waals surface area contributed by atoms with Crippen LogP contribution in [0.2, 0.25) is 0 Å². The Bertz CT molecular complexity index is 938. The first-order chi connectivity index (χ1) is 13.6. The van der Waals surface area contributed by atoms with Gasteiger partial charge in [0.05, 0.1) is 13.1 Å². The summed E-state index contributed by atoms with van der Waals surface area (Å²) in [6, 6.07) is 0.484. The number of aliphatic carboxylic acids is 2. The topological polar surface area (TPSA) is 114 Å². The zero-order valence-corrected chi connectivity index (χ0v) is 16.0. The fraction of sp³-hybridized carbons (Fsp3) is 0.421. The van der Waals surface area contributed by atoms with Crippen LogP contribution in [0, 0.1) is 17.6 Å². The van der Waals surface area contributed by atoms with E-state index in [2.05, 4.69) is 5.32 Å². The molecule has 1 heterocycles. The first-order valence-corrected chi connectivity index (χ1v) is 8.99. The molecular weight excluding hydrogens is 388 g/mol. The van der Waals surface area contributed by atoms with E-state index < -0.39 is 41.3 Å². The number of hydrogen-bond acceptors (Lipinski definition) is 4. The third-order valence-electron chi connectivity index (χ3n) is 4.35. The molecule has 0 aliphatic carbocycles. The highest BCUT2D eigenvalue weighted by Crippen LogP contribution is 2.11. The van der Waals surface area contributed by atoms with Crippen molar-refractivity contribution in [2.75, 3.05) is 0 Å². The summed E-state index contributed by atoms with van der Waals surface area (Å²) in [5, 5.41) is 21.3. The monoisotopic (exact) mass is 411 g/mol. The number of rotatable bonds is 10. The standard InChI is InChI=1S/C19H23F2N3O5/c1-11(2)7-15(17(25)26)22-16(18(27)28)10-24-6-5-23(19(24)29)9-12-8-13(20)3-4-14(12)21/h3-6,8,11,15-16,22H,7,9-10H2,1-2H3,(H,25,26)(H,27,28)/t15-,16-/m0/s1. The van der Waals surface area contributed by atoms with E-state index >= 15 is 0 Å². The summed E-state index contributed by atoms with van der Waals surface area (Å²) in [6.45, 7) is 3.06.